The van der Waals surface area contributed by atoms with Gasteiger partial charge in [0.25, 0.3) is 0 Å². The number of rotatable bonds is 4. The third kappa shape index (κ3) is 3.27. The van der Waals surface area contributed by atoms with E-state index in [1.807, 2.05) is 13.0 Å². The Morgan fingerprint density at radius 3 is 2.67 bits per heavy atom. The lowest BCUT2D eigenvalue weighted by molar-refractivity contribution is 0.123. The van der Waals surface area contributed by atoms with Gasteiger partial charge in [0, 0.05) is 12.6 Å². The zero-order valence-electron chi connectivity index (χ0n) is 13.9. The van der Waals surface area contributed by atoms with Gasteiger partial charge in [0.1, 0.15) is 16.7 Å². The predicted octanol–water partition coefficient (Wildman–Crippen LogP) is 1.62. The minimum absolute atomic E-state index is 0.151. The van der Waals surface area contributed by atoms with Crippen LogP contribution in [0.5, 0.6) is 5.88 Å². The SMILES string of the molecule is Cc1ccc(O[C@@H]2CCCN(S(=O)(=O)c3c(C)noc3C)C2)nn1. The first-order chi connectivity index (χ1) is 11.4. The van der Waals surface area contributed by atoms with E-state index in [-0.39, 0.29) is 17.5 Å². The fourth-order valence-corrected chi connectivity index (χ4v) is 4.61. The predicted molar refractivity (Wildman–Crippen MR) is 85.2 cm³/mol. The van der Waals surface area contributed by atoms with Gasteiger partial charge in [-0.15, -0.1) is 5.10 Å². The van der Waals surface area contributed by atoms with Crippen LogP contribution < -0.4 is 4.74 Å². The van der Waals surface area contributed by atoms with Crippen molar-refractivity contribution in [2.24, 2.45) is 0 Å². The molecule has 9 heteroatoms. The smallest absolute Gasteiger partial charge is 0.248 e. The van der Waals surface area contributed by atoms with E-state index >= 15 is 0 Å². The maximum absolute atomic E-state index is 12.9. The molecule has 1 saturated heterocycles. The summed E-state index contributed by atoms with van der Waals surface area (Å²) in [5.74, 6) is 0.710. The second-order valence-electron chi connectivity index (χ2n) is 5.91. The van der Waals surface area contributed by atoms with Crippen LogP contribution in [-0.4, -0.2) is 47.3 Å². The Bertz CT molecular complexity index is 797. The van der Waals surface area contributed by atoms with Gasteiger partial charge in [-0.1, -0.05) is 5.16 Å². The molecular weight excluding hydrogens is 332 g/mol. The van der Waals surface area contributed by atoms with E-state index in [0.29, 0.717) is 30.3 Å². The molecule has 0 aliphatic carbocycles. The van der Waals surface area contributed by atoms with Gasteiger partial charge in [-0.25, -0.2) is 8.42 Å². The standard InChI is InChI=1S/C15H20N4O4S/c1-10-6-7-14(17-16-10)22-13-5-4-8-19(9-13)24(20,21)15-11(2)18-23-12(15)3/h6-7,13H,4-5,8-9H2,1-3H3/t13-/m1/s1. The van der Waals surface area contributed by atoms with Gasteiger partial charge in [0.2, 0.25) is 15.9 Å². The molecule has 0 radical (unpaired) electrons. The maximum atomic E-state index is 12.9. The first-order valence-electron chi connectivity index (χ1n) is 7.78. The van der Waals surface area contributed by atoms with E-state index in [1.54, 1.807) is 19.9 Å². The highest BCUT2D eigenvalue weighted by Gasteiger charge is 2.35. The van der Waals surface area contributed by atoms with Crippen LogP contribution in [0, 0.1) is 20.8 Å². The van der Waals surface area contributed by atoms with Crippen LogP contribution in [0.1, 0.15) is 30.0 Å². The van der Waals surface area contributed by atoms with Crippen LogP contribution in [0.4, 0.5) is 0 Å². The Morgan fingerprint density at radius 2 is 2.04 bits per heavy atom. The summed E-state index contributed by atoms with van der Waals surface area (Å²) in [6.07, 6.45) is 1.22. The Kier molecular flexibility index (Phi) is 4.55. The monoisotopic (exact) mass is 352 g/mol. The number of hydrogen-bond donors (Lipinski definition) is 0. The molecule has 0 bridgehead atoms. The normalized spacial score (nSPS) is 19.4. The average molecular weight is 352 g/mol. The molecular formula is C15H20N4O4S. The number of nitrogens with zero attached hydrogens (tertiary/aromatic N) is 4. The lowest BCUT2D eigenvalue weighted by Crippen LogP contribution is -2.44. The Balaban J connectivity index is 1.77. The fraction of sp³-hybridized carbons (Fsp3) is 0.533. The van der Waals surface area contributed by atoms with Gasteiger partial charge in [-0.05, 0) is 39.7 Å². The Labute approximate surface area is 140 Å². The molecule has 3 heterocycles. The van der Waals surface area contributed by atoms with E-state index in [1.165, 1.54) is 4.31 Å². The fourth-order valence-electron chi connectivity index (χ4n) is 2.81. The lowest BCUT2D eigenvalue weighted by Gasteiger charge is -2.31. The molecule has 0 unspecified atom stereocenters. The summed E-state index contributed by atoms with van der Waals surface area (Å²) in [5, 5.41) is 11.7. The van der Waals surface area contributed by atoms with Gasteiger partial charge in [0.05, 0.1) is 12.2 Å². The number of aromatic nitrogens is 3. The minimum Gasteiger partial charge on any atom is -0.472 e. The lowest BCUT2D eigenvalue weighted by atomic mass is 10.1. The molecule has 0 N–H and O–H groups in total. The number of ether oxygens (including phenoxy) is 1. The highest BCUT2D eigenvalue weighted by molar-refractivity contribution is 7.89. The summed E-state index contributed by atoms with van der Waals surface area (Å²) in [5.41, 5.74) is 1.17. The van der Waals surface area contributed by atoms with Gasteiger partial charge in [-0.3, -0.25) is 0 Å². The molecule has 1 aliphatic rings. The number of hydrogen-bond acceptors (Lipinski definition) is 7. The molecule has 8 nitrogen and oxygen atoms in total. The number of piperidine rings is 1. The summed E-state index contributed by atoms with van der Waals surface area (Å²) in [6.45, 7) is 5.79. The van der Waals surface area contributed by atoms with Crippen molar-refractivity contribution in [2.75, 3.05) is 13.1 Å². The van der Waals surface area contributed by atoms with E-state index < -0.39 is 10.0 Å². The third-order valence-electron chi connectivity index (χ3n) is 3.97. The summed E-state index contributed by atoms with van der Waals surface area (Å²) >= 11 is 0. The zero-order valence-corrected chi connectivity index (χ0v) is 14.7. The summed E-state index contributed by atoms with van der Waals surface area (Å²) in [7, 11) is -3.65. The van der Waals surface area contributed by atoms with E-state index in [9.17, 15) is 8.42 Å². The van der Waals surface area contributed by atoms with Crippen molar-refractivity contribution in [3.63, 3.8) is 0 Å². The van der Waals surface area contributed by atoms with Gasteiger partial charge < -0.3 is 9.26 Å². The topological polar surface area (TPSA) is 98.4 Å². The van der Waals surface area contributed by atoms with Gasteiger partial charge in [0.15, 0.2) is 5.76 Å². The molecule has 1 fully saturated rings. The molecule has 1 atom stereocenters. The molecule has 3 rings (SSSR count). The molecule has 130 valence electrons. The molecule has 0 aromatic carbocycles. The van der Waals surface area contributed by atoms with Crippen LogP contribution in [-0.2, 0) is 10.0 Å². The highest BCUT2D eigenvalue weighted by Crippen LogP contribution is 2.27. The number of sulfonamides is 1. The van der Waals surface area contributed by atoms with Crippen LogP contribution >= 0.6 is 0 Å². The quantitative estimate of drug-likeness (QED) is 0.824. The average Bonchev–Trinajstić information content (AvgIpc) is 2.89. The van der Waals surface area contributed by atoms with E-state index in [0.717, 1.165) is 12.1 Å². The first kappa shape index (κ1) is 16.8. The third-order valence-corrected chi connectivity index (χ3v) is 6.08. The van der Waals surface area contributed by atoms with Crippen LogP contribution in [0.3, 0.4) is 0 Å². The van der Waals surface area contributed by atoms with Crippen LogP contribution in [0.15, 0.2) is 21.6 Å². The highest BCUT2D eigenvalue weighted by atomic mass is 32.2. The van der Waals surface area contributed by atoms with Crippen molar-refractivity contribution < 1.29 is 17.7 Å². The Hall–Kier alpha value is -2.00. The first-order valence-corrected chi connectivity index (χ1v) is 9.22. The van der Waals surface area contributed by atoms with Gasteiger partial charge >= 0.3 is 0 Å². The minimum atomic E-state index is -3.65. The van der Waals surface area contributed by atoms with Crippen molar-refractivity contribution in [1.29, 1.82) is 0 Å². The number of aryl methyl sites for hydroxylation is 3. The molecule has 24 heavy (non-hydrogen) atoms. The summed E-state index contributed by atoms with van der Waals surface area (Å²) in [4.78, 5) is 0.151. The Morgan fingerprint density at radius 1 is 1.25 bits per heavy atom. The molecule has 0 spiro atoms. The molecule has 1 aliphatic heterocycles. The van der Waals surface area contributed by atoms with E-state index in [4.69, 9.17) is 9.26 Å². The second-order valence-corrected chi connectivity index (χ2v) is 7.79. The van der Waals surface area contributed by atoms with Crippen molar-refractivity contribution in [1.82, 2.24) is 19.7 Å². The molecule has 0 amide bonds. The van der Waals surface area contributed by atoms with Crippen molar-refractivity contribution in [2.45, 2.75) is 44.6 Å². The van der Waals surface area contributed by atoms with Crippen LogP contribution in [0.2, 0.25) is 0 Å². The molecule has 2 aromatic heterocycles. The van der Waals surface area contributed by atoms with Crippen LogP contribution in [0.25, 0.3) is 0 Å². The molecule has 2 aromatic rings. The molecule has 0 saturated carbocycles. The van der Waals surface area contributed by atoms with Crippen molar-refractivity contribution in [3.8, 4) is 5.88 Å². The maximum Gasteiger partial charge on any atom is 0.248 e. The van der Waals surface area contributed by atoms with Crippen molar-refractivity contribution in [3.05, 3.63) is 29.3 Å². The second kappa shape index (κ2) is 6.48. The summed E-state index contributed by atoms with van der Waals surface area (Å²) < 4.78 is 38.0. The largest absolute Gasteiger partial charge is 0.472 e. The van der Waals surface area contributed by atoms with Gasteiger partial charge in [-0.2, -0.15) is 9.40 Å². The van der Waals surface area contributed by atoms with E-state index in [2.05, 4.69) is 15.4 Å². The zero-order chi connectivity index (χ0) is 17.3. The van der Waals surface area contributed by atoms with Crippen molar-refractivity contribution >= 4 is 10.0 Å². The summed E-state index contributed by atoms with van der Waals surface area (Å²) in [6, 6.07) is 3.55.